The smallest absolute Gasteiger partial charge is 0.134 e. The number of aromatic nitrogens is 6. The maximum absolute atomic E-state index is 17.7. The first-order valence-electron chi connectivity index (χ1n) is 29.7. The molecule has 6 aromatic heterocycles. The Bertz CT molecular complexity index is 4910. The van der Waals surface area contributed by atoms with Crippen molar-refractivity contribution < 1.29 is 8.78 Å². The highest BCUT2D eigenvalue weighted by Gasteiger charge is 2.28. The summed E-state index contributed by atoms with van der Waals surface area (Å²) in [5.74, 6) is -1.53. The van der Waals surface area contributed by atoms with Gasteiger partial charge in [-0.15, -0.1) is 0 Å². The van der Waals surface area contributed by atoms with E-state index in [0.717, 1.165) is 133 Å². The van der Waals surface area contributed by atoms with Gasteiger partial charge in [-0.05, 0) is 142 Å². The van der Waals surface area contributed by atoms with Gasteiger partial charge in [0, 0.05) is 74.1 Å². The Balaban J connectivity index is 1.01. The summed E-state index contributed by atoms with van der Waals surface area (Å²) in [7, 11) is 0. The zero-order valence-electron chi connectivity index (χ0n) is 48.2. The molecule has 0 aliphatic rings. The fraction of sp³-hybridized carbons (Fsp3) is 0. The van der Waals surface area contributed by atoms with Crippen LogP contribution in [0.2, 0.25) is 0 Å². The SMILES string of the molecule is N#Cc1cc(-n2c3cc(-c4ccnc(-c5ccccc5)c4)ccc3c3ccc(-c4ccnc(-c5ccccc5)c4)cc32)c(-c2c(F)cccc2F)c(-n2c3cc(-c4ccnc(-c5ccccc5)c4)ccc3c3ccc(-c4ccnc(-c5ccccc5)c4)cc32)c1. The van der Waals surface area contributed by atoms with Gasteiger partial charge in [0.25, 0.3) is 0 Å². The maximum Gasteiger partial charge on any atom is 0.134 e. The third-order valence-corrected chi connectivity index (χ3v) is 17.1. The second-order valence-electron chi connectivity index (χ2n) is 22.4. The van der Waals surface area contributed by atoms with E-state index in [2.05, 4.69) is 112 Å². The fourth-order valence-corrected chi connectivity index (χ4v) is 12.8. The summed E-state index contributed by atoms with van der Waals surface area (Å²) >= 11 is 0. The van der Waals surface area contributed by atoms with Crippen LogP contribution in [0.25, 0.3) is 156 Å². The van der Waals surface area contributed by atoms with Crippen molar-refractivity contribution in [3.8, 4) is 118 Å². The van der Waals surface area contributed by atoms with E-state index in [9.17, 15) is 5.26 Å². The number of rotatable bonds is 11. The molecule has 0 unspecified atom stereocenters. The third-order valence-electron chi connectivity index (χ3n) is 17.1. The van der Waals surface area contributed by atoms with E-state index >= 15 is 8.78 Å². The van der Waals surface area contributed by atoms with Crippen LogP contribution in [0.3, 0.4) is 0 Å². The van der Waals surface area contributed by atoms with Gasteiger partial charge in [-0.2, -0.15) is 5.26 Å². The number of nitrogens with zero attached hydrogens (tertiary/aromatic N) is 7. The van der Waals surface area contributed by atoms with Crippen LogP contribution in [0.15, 0.2) is 298 Å². The molecule has 0 fully saturated rings. The minimum atomic E-state index is -0.766. The zero-order valence-corrected chi connectivity index (χ0v) is 48.2. The lowest BCUT2D eigenvalue weighted by Crippen LogP contribution is -2.07. The van der Waals surface area contributed by atoms with Crippen molar-refractivity contribution >= 4 is 43.6 Å². The number of fused-ring (bicyclic) bond motifs is 6. The first kappa shape index (κ1) is 53.2. The van der Waals surface area contributed by atoms with E-state index < -0.39 is 11.6 Å². The van der Waals surface area contributed by atoms with Gasteiger partial charge in [0.05, 0.1) is 73.4 Å². The van der Waals surface area contributed by atoms with Crippen LogP contribution in [0.4, 0.5) is 8.78 Å². The average Bonchev–Trinajstić information content (AvgIpc) is 1.53. The first-order valence-corrected chi connectivity index (χ1v) is 29.7. The minimum absolute atomic E-state index is 0.241. The number of halogens is 2. The minimum Gasteiger partial charge on any atom is -0.308 e. The predicted molar refractivity (Wildman–Crippen MR) is 360 cm³/mol. The molecule has 0 N–H and O–H groups in total. The highest BCUT2D eigenvalue weighted by Crippen LogP contribution is 2.47. The van der Waals surface area contributed by atoms with Crippen molar-refractivity contribution in [2.75, 3.05) is 0 Å². The molecule has 90 heavy (non-hydrogen) atoms. The fourth-order valence-electron chi connectivity index (χ4n) is 12.8. The Morgan fingerprint density at radius 3 is 0.822 bits per heavy atom. The molecule has 7 nitrogen and oxygen atoms in total. The summed E-state index contributed by atoms with van der Waals surface area (Å²) in [6.45, 7) is 0. The molecule has 16 rings (SSSR count). The van der Waals surface area contributed by atoms with E-state index in [1.165, 1.54) is 18.2 Å². The molecule has 0 amide bonds. The molecular formula is C81H49F2N7. The second-order valence-corrected chi connectivity index (χ2v) is 22.4. The molecule has 0 aliphatic carbocycles. The topological polar surface area (TPSA) is 85.2 Å². The Morgan fingerprint density at radius 1 is 0.267 bits per heavy atom. The summed E-state index contributed by atoms with van der Waals surface area (Å²) in [6.07, 6.45) is 7.28. The number of benzene rings is 10. The van der Waals surface area contributed by atoms with Crippen molar-refractivity contribution in [2.45, 2.75) is 0 Å². The molecule has 6 heterocycles. The summed E-state index contributed by atoms with van der Waals surface area (Å²) < 4.78 is 39.6. The van der Waals surface area contributed by atoms with E-state index in [1.807, 2.05) is 170 Å². The third kappa shape index (κ3) is 9.44. The van der Waals surface area contributed by atoms with Gasteiger partial charge in [-0.3, -0.25) is 19.9 Å². The lowest BCUT2D eigenvalue weighted by Gasteiger charge is -2.22. The van der Waals surface area contributed by atoms with Gasteiger partial charge >= 0.3 is 0 Å². The van der Waals surface area contributed by atoms with E-state index in [4.69, 9.17) is 19.9 Å². The van der Waals surface area contributed by atoms with Gasteiger partial charge in [0.1, 0.15) is 11.6 Å². The Kier molecular flexibility index (Phi) is 13.2. The second kappa shape index (κ2) is 22.2. The molecular weight excluding hydrogens is 1110 g/mol. The summed E-state index contributed by atoms with van der Waals surface area (Å²) in [6, 6.07) is 92.1. The largest absolute Gasteiger partial charge is 0.308 e. The molecule has 0 bridgehead atoms. The number of hydrogen-bond acceptors (Lipinski definition) is 5. The quantitative estimate of drug-likeness (QED) is 0.129. The van der Waals surface area contributed by atoms with Gasteiger partial charge in [0.15, 0.2) is 0 Å². The lowest BCUT2D eigenvalue weighted by molar-refractivity contribution is 0.589. The molecule has 9 heteroatoms. The number of pyridine rings is 4. The van der Waals surface area contributed by atoms with Crippen molar-refractivity contribution in [3.05, 3.63) is 315 Å². The molecule has 0 atom stereocenters. The molecule has 0 radical (unpaired) electrons. The van der Waals surface area contributed by atoms with Crippen LogP contribution >= 0.6 is 0 Å². The van der Waals surface area contributed by atoms with Crippen molar-refractivity contribution in [2.24, 2.45) is 0 Å². The van der Waals surface area contributed by atoms with Gasteiger partial charge < -0.3 is 9.13 Å². The molecule has 0 saturated carbocycles. The van der Waals surface area contributed by atoms with Crippen molar-refractivity contribution in [1.82, 2.24) is 29.1 Å². The van der Waals surface area contributed by atoms with Crippen LogP contribution in [0.5, 0.6) is 0 Å². The van der Waals surface area contributed by atoms with Gasteiger partial charge in [0.2, 0.25) is 0 Å². The molecule has 0 aliphatic heterocycles. The van der Waals surface area contributed by atoms with Crippen LogP contribution in [0.1, 0.15) is 5.56 Å². The van der Waals surface area contributed by atoms with E-state index in [1.54, 1.807) is 12.1 Å². The highest BCUT2D eigenvalue weighted by atomic mass is 19.1. The normalized spacial score (nSPS) is 11.4. The summed E-state index contributed by atoms with van der Waals surface area (Å²) in [5.41, 5.74) is 18.5. The molecule has 0 saturated heterocycles. The van der Waals surface area contributed by atoms with Gasteiger partial charge in [-0.25, -0.2) is 8.78 Å². The number of hydrogen-bond donors (Lipinski definition) is 0. The zero-order chi connectivity index (χ0) is 60.2. The predicted octanol–water partition coefficient (Wildman–Crippen LogP) is 20.6. The molecule has 10 aromatic carbocycles. The average molecular weight is 1160 g/mol. The van der Waals surface area contributed by atoms with E-state index in [-0.39, 0.29) is 16.7 Å². The van der Waals surface area contributed by atoms with Gasteiger partial charge in [-0.1, -0.05) is 176 Å². The van der Waals surface area contributed by atoms with Crippen LogP contribution < -0.4 is 0 Å². The van der Waals surface area contributed by atoms with Crippen LogP contribution in [0, 0.1) is 23.0 Å². The summed E-state index contributed by atoms with van der Waals surface area (Å²) in [5, 5.41) is 15.1. The molecule has 422 valence electrons. The van der Waals surface area contributed by atoms with Crippen LogP contribution in [-0.2, 0) is 0 Å². The maximum atomic E-state index is 17.7. The summed E-state index contributed by atoms with van der Waals surface area (Å²) in [4.78, 5) is 19.1. The highest BCUT2D eigenvalue weighted by molar-refractivity contribution is 6.14. The number of nitriles is 1. The molecule has 16 aromatic rings. The van der Waals surface area contributed by atoms with Crippen molar-refractivity contribution in [1.29, 1.82) is 5.26 Å². The lowest BCUT2D eigenvalue weighted by atomic mass is 9.96. The van der Waals surface area contributed by atoms with E-state index in [0.29, 0.717) is 11.4 Å². The first-order chi connectivity index (χ1) is 44.4. The Morgan fingerprint density at radius 2 is 0.544 bits per heavy atom. The standard InChI is InChI=1S/C81H49F2N7/c82-68-22-13-23-69(83)80(68)81-78(89-74-46-56(60-32-36-85-70(42-60)52-14-5-1-6-15-52)24-28-64(74)65-29-25-57(47-75(65)89)61-33-37-86-71(43-61)53-16-7-2-8-17-53)40-51(50-84)41-79(81)90-76-48-58(62-34-38-87-72(44-62)54-18-9-3-10-19-54)26-30-66(76)67-31-27-59(49-77(67)90)63-35-39-88-73(45-63)55-20-11-4-12-21-55/h1-49H. The Hall–Kier alpha value is -12.3. The monoisotopic (exact) mass is 1160 g/mol. The van der Waals surface area contributed by atoms with Crippen molar-refractivity contribution in [3.63, 3.8) is 0 Å². The molecule has 0 spiro atoms. The Labute approximate surface area is 517 Å². The van der Waals surface area contributed by atoms with Crippen LogP contribution in [-0.4, -0.2) is 29.1 Å².